The van der Waals surface area contributed by atoms with E-state index in [0.29, 0.717) is 6.42 Å². The van der Waals surface area contributed by atoms with Gasteiger partial charge in [-0.25, -0.2) is 4.98 Å². The molecule has 0 bridgehead atoms. The highest BCUT2D eigenvalue weighted by Gasteiger charge is 2.06. The van der Waals surface area contributed by atoms with Crippen molar-refractivity contribution in [2.45, 2.75) is 6.42 Å². The van der Waals surface area contributed by atoms with E-state index >= 15 is 0 Å². The van der Waals surface area contributed by atoms with E-state index < -0.39 is 0 Å². The lowest BCUT2D eigenvalue weighted by Gasteiger charge is -2.09. The van der Waals surface area contributed by atoms with Crippen LogP contribution in [0.15, 0.2) is 49.9 Å². The summed E-state index contributed by atoms with van der Waals surface area (Å²) in [6.07, 6.45) is 5.61. The summed E-state index contributed by atoms with van der Waals surface area (Å²) < 4.78 is 1.83. The van der Waals surface area contributed by atoms with Crippen molar-refractivity contribution in [1.82, 2.24) is 9.55 Å². The normalized spacial score (nSPS) is 9.72. The first kappa shape index (κ1) is 11.9. The summed E-state index contributed by atoms with van der Waals surface area (Å²) in [4.78, 5) is 4.16. The molecule has 1 aromatic heterocycles. The fraction of sp³-hybridized carbons (Fsp3) is 0.0667. The molecule has 3 heteroatoms. The van der Waals surface area contributed by atoms with E-state index in [1.807, 2.05) is 35.0 Å². The molecule has 1 heterocycles. The van der Waals surface area contributed by atoms with Crippen molar-refractivity contribution in [3.8, 4) is 6.07 Å². The Balaban J connectivity index is 2.36. The summed E-state index contributed by atoms with van der Waals surface area (Å²) in [6.45, 7) is 7.86. The Labute approximate surface area is 106 Å². The Kier molecular flexibility index (Phi) is 3.40. The van der Waals surface area contributed by atoms with Crippen LogP contribution in [0.25, 0.3) is 11.8 Å². The van der Waals surface area contributed by atoms with Crippen LogP contribution in [0.1, 0.15) is 16.8 Å². The van der Waals surface area contributed by atoms with Gasteiger partial charge in [-0.15, -0.1) is 0 Å². The van der Waals surface area contributed by atoms with Gasteiger partial charge in [-0.3, -0.25) is 0 Å². The van der Waals surface area contributed by atoms with Gasteiger partial charge >= 0.3 is 0 Å². The molecule has 0 atom stereocenters. The summed E-state index contributed by atoms with van der Waals surface area (Å²) >= 11 is 0. The van der Waals surface area contributed by atoms with Crippen LogP contribution in [0.4, 0.5) is 0 Å². The Morgan fingerprint density at radius 1 is 1.44 bits per heavy atom. The van der Waals surface area contributed by atoms with Gasteiger partial charge < -0.3 is 4.57 Å². The highest BCUT2D eigenvalue weighted by Crippen LogP contribution is 2.20. The molecule has 2 aromatic rings. The molecule has 0 radical (unpaired) electrons. The number of hydrogen-bond acceptors (Lipinski definition) is 2. The molecule has 0 aliphatic carbocycles. The van der Waals surface area contributed by atoms with E-state index in [2.05, 4.69) is 24.2 Å². The second kappa shape index (κ2) is 5.15. The summed E-state index contributed by atoms with van der Waals surface area (Å²) in [5.41, 5.74) is 3.60. The number of rotatable bonds is 4. The van der Waals surface area contributed by atoms with Gasteiger partial charge in [0.05, 0.1) is 24.5 Å². The van der Waals surface area contributed by atoms with Gasteiger partial charge in [-0.2, -0.15) is 5.26 Å². The monoisotopic (exact) mass is 235 g/mol. The predicted molar refractivity (Wildman–Crippen MR) is 72.5 cm³/mol. The molecule has 1 aromatic carbocycles. The second-order valence-corrected chi connectivity index (χ2v) is 3.85. The van der Waals surface area contributed by atoms with Gasteiger partial charge in [0.2, 0.25) is 0 Å². The van der Waals surface area contributed by atoms with Crippen LogP contribution in [0.2, 0.25) is 0 Å². The number of hydrogen-bond donors (Lipinski definition) is 0. The lowest BCUT2D eigenvalue weighted by Crippen LogP contribution is -1.96. The van der Waals surface area contributed by atoms with Crippen molar-refractivity contribution < 1.29 is 0 Å². The highest BCUT2D eigenvalue weighted by atomic mass is 15.0. The minimum absolute atomic E-state index is 0.309. The zero-order chi connectivity index (χ0) is 13.0. The molecule has 3 nitrogen and oxygen atoms in total. The van der Waals surface area contributed by atoms with Gasteiger partial charge in [-0.1, -0.05) is 43.5 Å². The van der Waals surface area contributed by atoms with E-state index in [9.17, 15) is 0 Å². The van der Waals surface area contributed by atoms with Crippen LogP contribution in [0.3, 0.4) is 0 Å². The maximum absolute atomic E-state index is 8.63. The predicted octanol–water partition coefficient (Wildman–Crippen LogP) is 3.11. The van der Waals surface area contributed by atoms with E-state index in [1.165, 1.54) is 0 Å². The third-order valence-corrected chi connectivity index (χ3v) is 2.70. The minimum Gasteiger partial charge on any atom is -0.306 e. The number of imidazole rings is 1. The lowest BCUT2D eigenvalue weighted by molar-refractivity contribution is 1.09. The maximum Gasteiger partial charge on any atom is 0.0995 e. The quantitative estimate of drug-likeness (QED) is 0.817. The molecule has 0 saturated carbocycles. The van der Waals surface area contributed by atoms with E-state index in [4.69, 9.17) is 5.26 Å². The molecule has 0 aliphatic rings. The van der Waals surface area contributed by atoms with Crippen molar-refractivity contribution in [2.24, 2.45) is 0 Å². The lowest BCUT2D eigenvalue weighted by atomic mass is 10.1. The first-order chi connectivity index (χ1) is 8.76. The highest BCUT2D eigenvalue weighted by molar-refractivity contribution is 5.72. The van der Waals surface area contributed by atoms with Gasteiger partial charge in [-0.05, 0) is 5.56 Å². The van der Waals surface area contributed by atoms with Crippen molar-refractivity contribution >= 4 is 11.8 Å². The number of nitriles is 1. The third kappa shape index (κ3) is 2.23. The molecule has 0 aliphatic heterocycles. The molecule has 0 amide bonds. The van der Waals surface area contributed by atoms with E-state index in [1.54, 1.807) is 12.4 Å². The smallest absolute Gasteiger partial charge is 0.0995 e. The number of aromatic nitrogens is 2. The van der Waals surface area contributed by atoms with Crippen LogP contribution in [0, 0.1) is 11.3 Å². The minimum atomic E-state index is 0.309. The van der Waals surface area contributed by atoms with Crippen molar-refractivity contribution in [2.75, 3.05) is 0 Å². The van der Waals surface area contributed by atoms with Crippen LogP contribution in [-0.4, -0.2) is 9.55 Å². The van der Waals surface area contributed by atoms with Crippen LogP contribution < -0.4 is 0 Å². The first-order valence-corrected chi connectivity index (χ1v) is 5.57. The summed E-state index contributed by atoms with van der Waals surface area (Å²) in [5, 5.41) is 8.63. The summed E-state index contributed by atoms with van der Waals surface area (Å²) in [7, 11) is 0. The van der Waals surface area contributed by atoms with Crippen molar-refractivity contribution in [3.05, 3.63) is 66.8 Å². The molecular formula is C15H13N3. The largest absolute Gasteiger partial charge is 0.306 e. The summed E-state index contributed by atoms with van der Waals surface area (Å²) in [6, 6.07) is 9.97. The Hall–Kier alpha value is -2.60. The molecule has 0 N–H and O–H groups in total. The van der Waals surface area contributed by atoms with Crippen LogP contribution in [0.5, 0.6) is 0 Å². The summed E-state index contributed by atoms with van der Waals surface area (Å²) in [5.74, 6) is 0. The maximum atomic E-state index is 8.63. The third-order valence-electron chi connectivity index (χ3n) is 2.70. The van der Waals surface area contributed by atoms with Crippen LogP contribution in [-0.2, 0) is 6.42 Å². The molecule has 88 valence electrons. The number of benzene rings is 1. The van der Waals surface area contributed by atoms with Crippen molar-refractivity contribution in [3.63, 3.8) is 0 Å². The molecule has 0 spiro atoms. The standard InChI is InChI=1S/C15H13N3/c1-3-13-6-4-5-7-15(13)12(2)18-10-14(8-9-16)17-11-18/h3-7,10-11H,1-2,8H2. The zero-order valence-corrected chi connectivity index (χ0v) is 10.0. The average molecular weight is 235 g/mol. The van der Waals surface area contributed by atoms with Crippen molar-refractivity contribution in [1.29, 1.82) is 5.26 Å². The molecule has 0 saturated heterocycles. The Morgan fingerprint density at radius 3 is 2.94 bits per heavy atom. The van der Waals surface area contributed by atoms with E-state index in [-0.39, 0.29) is 0 Å². The van der Waals surface area contributed by atoms with Gasteiger partial charge in [0, 0.05) is 17.5 Å². The fourth-order valence-corrected chi connectivity index (χ4v) is 1.76. The topological polar surface area (TPSA) is 41.6 Å². The molecule has 0 fully saturated rings. The van der Waals surface area contributed by atoms with Gasteiger partial charge in [0.25, 0.3) is 0 Å². The average Bonchev–Trinajstić information content (AvgIpc) is 2.87. The van der Waals surface area contributed by atoms with Gasteiger partial charge in [0.15, 0.2) is 0 Å². The number of nitrogens with zero attached hydrogens (tertiary/aromatic N) is 3. The first-order valence-electron chi connectivity index (χ1n) is 5.57. The second-order valence-electron chi connectivity index (χ2n) is 3.85. The molecule has 18 heavy (non-hydrogen) atoms. The zero-order valence-electron chi connectivity index (χ0n) is 10.0. The fourth-order valence-electron chi connectivity index (χ4n) is 1.76. The Bertz CT molecular complexity index is 629. The van der Waals surface area contributed by atoms with Gasteiger partial charge in [0.1, 0.15) is 0 Å². The molecule has 0 unspecified atom stereocenters. The SMILES string of the molecule is C=Cc1ccccc1C(=C)n1cnc(CC#N)c1. The Morgan fingerprint density at radius 2 is 2.22 bits per heavy atom. The molecule has 2 rings (SSSR count). The van der Waals surface area contributed by atoms with E-state index in [0.717, 1.165) is 22.5 Å². The molecular weight excluding hydrogens is 222 g/mol. The van der Waals surface area contributed by atoms with Crippen LogP contribution >= 0.6 is 0 Å².